The molecule has 8 nitrogen and oxygen atoms in total. The van der Waals surface area contributed by atoms with Crippen LogP contribution in [0.2, 0.25) is 0 Å². The van der Waals surface area contributed by atoms with Gasteiger partial charge >= 0.3 is 0 Å². The summed E-state index contributed by atoms with van der Waals surface area (Å²) in [7, 11) is 1.72. The van der Waals surface area contributed by atoms with Crippen LogP contribution in [0.3, 0.4) is 0 Å². The summed E-state index contributed by atoms with van der Waals surface area (Å²) >= 11 is 0. The number of nitrogens with one attached hydrogen (secondary N) is 1. The number of alkyl halides is 1. The molecule has 1 aromatic heterocycles. The molecule has 3 heterocycles. The van der Waals surface area contributed by atoms with Crippen molar-refractivity contribution in [1.29, 1.82) is 0 Å². The molecule has 0 radical (unpaired) electrons. The SMILES string of the molecule is Cc1cc2c(cc1Nc1ncc3c(n1)N(C14CC(F)C1C4)CC(=O)N3C)OCO2. The number of benzene rings is 1. The second kappa shape index (κ2) is 5.49. The molecule has 1 aromatic carbocycles. The summed E-state index contributed by atoms with van der Waals surface area (Å²) in [6.45, 7) is 2.39. The van der Waals surface area contributed by atoms with Gasteiger partial charge in [0.25, 0.3) is 0 Å². The molecular weight excluding hydrogens is 377 g/mol. The Morgan fingerprint density at radius 1 is 1.28 bits per heavy atom. The van der Waals surface area contributed by atoms with Gasteiger partial charge in [0.2, 0.25) is 18.6 Å². The molecule has 3 atom stereocenters. The summed E-state index contributed by atoms with van der Waals surface area (Å²) in [5, 5.41) is 3.25. The number of likely N-dealkylation sites (N-methyl/N-ethyl adjacent to an activating group) is 1. The van der Waals surface area contributed by atoms with Gasteiger partial charge in [-0.2, -0.15) is 4.98 Å². The Balaban J connectivity index is 1.36. The average Bonchev–Trinajstić information content (AvgIpc) is 3.08. The first kappa shape index (κ1) is 16.8. The normalized spacial score (nSPS) is 28.6. The van der Waals surface area contributed by atoms with E-state index in [-0.39, 0.29) is 30.7 Å². The van der Waals surface area contributed by atoms with Gasteiger partial charge < -0.3 is 24.6 Å². The molecule has 4 aliphatic rings. The molecule has 2 saturated carbocycles. The number of aryl methyl sites for hydroxylation is 1. The van der Waals surface area contributed by atoms with E-state index in [1.165, 1.54) is 0 Å². The van der Waals surface area contributed by atoms with Crippen molar-refractivity contribution in [3.8, 4) is 11.5 Å². The third-order valence-corrected chi connectivity index (χ3v) is 6.63. The summed E-state index contributed by atoms with van der Waals surface area (Å²) in [6, 6.07) is 3.77. The summed E-state index contributed by atoms with van der Waals surface area (Å²) in [5.74, 6) is 2.46. The number of rotatable bonds is 3. The van der Waals surface area contributed by atoms with E-state index >= 15 is 0 Å². The zero-order chi connectivity index (χ0) is 19.9. The Kier molecular flexibility index (Phi) is 3.18. The first-order valence-corrected chi connectivity index (χ1v) is 9.69. The van der Waals surface area contributed by atoms with Crippen LogP contribution in [0.25, 0.3) is 0 Å². The van der Waals surface area contributed by atoms with E-state index in [9.17, 15) is 9.18 Å². The maximum Gasteiger partial charge on any atom is 0.246 e. The Labute approximate surface area is 166 Å². The number of nitrogens with zero attached hydrogens (tertiary/aromatic N) is 4. The third kappa shape index (κ3) is 2.27. The number of fused-ring (bicyclic) bond motifs is 3. The molecule has 1 amide bonds. The van der Waals surface area contributed by atoms with Gasteiger partial charge in [0, 0.05) is 31.1 Å². The lowest BCUT2D eigenvalue weighted by atomic mass is 9.88. The third-order valence-electron chi connectivity index (χ3n) is 6.63. The van der Waals surface area contributed by atoms with Crippen molar-refractivity contribution in [2.45, 2.75) is 31.5 Å². The van der Waals surface area contributed by atoms with Crippen LogP contribution in [0.5, 0.6) is 11.5 Å². The highest BCUT2D eigenvalue weighted by atomic mass is 19.1. The minimum Gasteiger partial charge on any atom is -0.454 e. The molecule has 0 bridgehead atoms. The van der Waals surface area contributed by atoms with Gasteiger partial charge in [0.1, 0.15) is 11.9 Å². The molecule has 2 aliphatic heterocycles. The van der Waals surface area contributed by atoms with Crippen LogP contribution in [-0.4, -0.2) is 48.0 Å². The highest BCUT2D eigenvalue weighted by Gasteiger charge is 2.72. The molecule has 29 heavy (non-hydrogen) atoms. The van der Waals surface area contributed by atoms with E-state index in [2.05, 4.69) is 10.3 Å². The van der Waals surface area contributed by atoms with Crippen molar-refractivity contribution in [3.63, 3.8) is 0 Å². The maximum atomic E-state index is 13.8. The molecule has 0 saturated heterocycles. The Bertz CT molecular complexity index is 1060. The van der Waals surface area contributed by atoms with E-state index in [0.717, 1.165) is 23.4 Å². The Morgan fingerprint density at radius 2 is 2.07 bits per heavy atom. The fraction of sp³-hybridized carbons (Fsp3) is 0.450. The Morgan fingerprint density at radius 3 is 2.79 bits per heavy atom. The van der Waals surface area contributed by atoms with E-state index in [1.807, 2.05) is 24.0 Å². The van der Waals surface area contributed by atoms with Crippen molar-refractivity contribution < 1.29 is 18.7 Å². The first-order chi connectivity index (χ1) is 14.0. The number of carbonyl (C=O) groups is 1. The van der Waals surface area contributed by atoms with Crippen LogP contribution >= 0.6 is 0 Å². The number of amides is 1. The molecule has 2 fully saturated rings. The molecule has 3 unspecified atom stereocenters. The smallest absolute Gasteiger partial charge is 0.246 e. The molecule has 2 aliphatic carbocycles. The fourth-order valence-corrected chi connectivity index (χ4v) is 4.74. The van der Waals surface area contributed by atoms with Gasteiger partial charge in [0.15, 0.2) is 17.3 Å². The lowest BCUT2D eigenvalue weighted by Crippen LogP contribution is -2.55. The summed E-state index contributed by atoms with van der Waals surface area (Å²) in [5.41, 5.74) is 2.18. The summed E-state index contributed by atoms with van der Waals surface area (Å²) in [4.78, 5) is 25.2. The van der Waals surface area contributed by atoms with Crippen LogP contribution in [-0.2, 0) is 4.79 Å². The lowest BCUT2D eigenvalue weighted by Gasteiger charge is -2.44. The van der Waals surface area contributed by atoms with Crippen molar-refractivity contribution in [3.05, 3.63) is 23.9 Å². The molecule has 0 spiro atoms. The molecular formula is C20H20FN5O3. The highest BCUT2D eigenvalue weighted by Crippen LogP contribution is 2.66. The molecule has 9 heteroatoms. The zero-order valence-electron chi connectivity index (χ0n) is 16.1. The van der Waals surface area contributed by atoms with Crippen LogP contribution in [0.4, 0.5) is 27.5 Å². The first-order valence-electron chi connectivity index (χ1n) is 9.69. The quantitative estimate of drug-likeness (QED) is 0.853. The number of hydrogen-bond acceptors (Lipinski definition) is 7. The topological polar surface area (TPSA) is 79.8 Å². The number of aromatic nitrogens is 2. The number of anilines is 4. The number of halogens is 1. The lowest BCUT2D eigenvalue weighted by molar-refractivity contribution is -0.117. The minimum absolute atomic E-state index is 0.00837. The van der Waals surface area contributed by atoms with Crippen molar-refractivity contribution >= 4 is 29.0 Å². The van der Waals surface area contributed by atoms with Gasteiger partial charge in [-0.1, -0.05) is 0 Å². The van der Waals surface area contributed by atoms with Crippen LogP contribution in [0.15, 0.2) is 18.3 Å². The van der Waals surface area contributed by atoms with Crippen LogP contribution in [0, 0.1) is 12.8 Å². The van der Waals surface area contributed by atoms with Crippen molar-refractivity contribution in [2.75, 3.05) is 35.5 Å². The molecule has 2 aromatic rings. The fourth-order valence-electron chi connectivity index (χ4n) is 4.74. The van der Waals surface area contributed by atoms with Gasteiger partial charge in [-0.05, 0) is 25.0 Å². The second-order valence-electron chi connectivity index (χ2n) is 8.22. The second-order valence-corrected chi connectivity index (χ2v) is 8.22. The number of hydrogen-bond donors (Lipinski definition) is 1. The van der Waals surface area contributed by atoms with E-state index in [1.54, 1.807) is 18.1 Å². The predicted octanol–water partition coefficient (Wildman–Crippen LogP) is 2.54. The van der Waals surface area contributed by atoms with Gasteiger partial charge in [0.05, 0.1) is 18.3 Å². The minimum atomic E-state index is -0.774. The van der Waals surface area contributed by atoms with Gasteiger partial charge in [-0.3, -0.25) is 4.79 Å². The number of ether oxygens (including phenoxy) is 2. The van der Waals surface area contributed by atoms with Gasteiger partial charge in [-0.15, -0.1) is 0 Å². The Hall–Kier alpha value is -3.10. The van der Waals surface area contributed by atoms with Crippen LogP contribution in [0.1, 0.15) is 18.4 Å². The predicted molar refractivity (Wildman–Crippen MR) is 104 cm³/mol. The maximum absolute atomic E-state index is 13.8. The molecule has 6 rings (SSSR count). The monoisotopic (exact) mass is 397 g/mol. The molecule has 1 N–H and O–H groups in total. The van der Waals surface area contributed by atoms with Crippen LogP contribution < -0.4 is 24.6 Å². The standard InChI is InChI=1S/C20H20FN5O3/c1-10-3-15-16(29-9-28-15)4-13(10)23-19-22-7-14-18(24-19)26(8-17(27)25(14)2)20-5-11(20)12(21)6-20/h3-4,7,11-12H,5-6,8-9H2,1-2H3,(H,22,23,24). The summed E-state index contributed by atoms with van der Waals surface area (Å²) in [6.07, 6.45) is 2.11. The largest absolute Gasteiger partial charge is 0.454 e. The van der Waals surface area contributed by atoms with Crippen molar-refractivity contribution in [1.82, 2.24) is 9.97 Å². The van der Waals surface area contributed by atoms with E-state index < -0.39 is 6.17 Å². The zero-order valence-corrected chi connectivity index (χ0v) is 16.1. The van der Waals surface area contributed by atoms with E-state index in [4.69, 9.17) is 14.5 Å². The average molecular weight is 397 g/mol. The van der Waals surface area contributed by atoms with E-state index in [0.29, 0.717) is 29.6 Å². The van der Waals surface area contributed by atoms with Gasteiger partial charge in [-0.25, -0.2) is 9.37 Å². The highest BCUT2D eigenvalue weighted by molar-refractivity contribution is 6.02. The molecule has 150 valence electrons. The number of carbonyl (C=O) groups excluding carboxylic acids is 1. The summed E-state index contributed by atoms with van der Waals surface area (Å²) < 4.78 is 24.7. The van der Waals surface area contributed by atoms with Crippen molar-refractivity contribution in [2.24, 2.45) is 5.92 Å².